The Morgan fingerprint density at radius 3 is 2.52 bits per heavy atom. The topological polar surface area (TPSA) is 78.3 Å². The van der Waals surface area contributed by atoms with E-state index in [2.05, 4.69) is 30.9 Å². The Hall–Kier alpha value is -2.55. The Labute approximate surface area is 198 Å². The van der Waals surface area contributed by atoms with Crippen molar-refractivity contribution < 1.29 is 22.7 Å². The molecule has 6 nitrogen and oxygen atoms in total. The molecule has 0 saturated carbocycles. The third-order valence-electron chi connectivity index (χ3n) is 5.76. The van der Waals surface area contributed by atoms with E-state index in [4.69, 9.17) is 10.3 Å². The Kier molecular flexibility index (Phi) is 8.40. The highest BCUT2D eigenvalue weighted by Gasteiger charge is 2.32. The Morgan fingerprint density at radius 2 is 1.91 bits per heavy atom. The molecule has 1 aliphatic heterocycles. The highest BCUT2D eigenvalue weighted by molar-refractivity contribution is 9.08. The summed E-state index contributed by atoms with van der Waals surface area (Å²) < 4.78 is 43.7. The van der Waals surface area contributed by atoms with E-state index >= 15 is 0 Å². The number of piperidine rings is 1. The summed E-state index contributed by atoms with van der Waals surface area (Å²) in [4.78, 5) is 17.0. The summed E-state index contributed by atoms with van der Waals surface area (Å²) in [5, 5.41) is 4.32. The molecule has 0 aliphatic carbocycles. The van der Waals surface area contributed by atoms with E-state index in [1.54, 1.807) is 6.07 Å². The number of rotatable bonds is 7. The predicted molar refractivity (Wildman–Crippen MR) is 122 cm³/mol. The number of alkyl halides is 4. The summed E-state index contributed by atoms with van der Waals surface area (Å²) >= 11 is 3.43. The van der Waals surface area contributed by atoms with Gasteiger partial charge in [0.2, 0.25) is 0 Å². The molecule has 1 heterocycles. The van der Waals surface area contributed by atoms with Crippen molar-refractivity contribution in [1.82, 2.24) is 4.90 Å². The van der Waals surface area contributed by atoms with Crippen molar-refractivity contribution >= 4 is 27.6 Å². The van der Waals surface area contributed by atoms with Crippen LogP contribution < -0.4 is 0 Å². The summed E-state index contributed by atoms with van der Waals surface area (Å²) in [7, 11) is 1.35. The first kappa shape index (κ1) is 25.1. The summed E-state index contributed by atoms with van der Waals surface area (Å²) in [6.07, 6.45) is -3.45. The zero-order valence-corrected chi connectivity index (χ0v) is 19.6. The lowest BCUT2D eigenvalue weighted by atomic mass is 9.82. The van der Waals surface area contributed by atoms with Crippen LogP contribution in [0.1, 0.15) is 41.0 Å². The van der Waals surface area contributed by atoms with Crippen LogP contribution in [0, 0.1) is 5.92 Å². The number of halogens is 4. The monoisotopic (exact) mass is 524 g/mol. The van der Waals surface area contributed by atoms with Gasteiger partial charge >= 0.3 is 12.1 Å². The molecule has 33 heavy (non-hydrogen) atoms. The molecule has 2 aromatic carbocycles. The Bertz CT molecular complexity index is 1020. The van der Waals surface area contributed by atoms with Gasteiger partial charge in [-0.1, -0.05) is 39.2 Å². The van der Waals surface area contributed by atoms with Gasteiger partial charge in [-0.05, 0) is 64.7 Å². The van der Waals surface area contributed by atoms with Gasteiger partial charge in [0.15, 0.2) is 0 Å². The number of azide groups is 1. The maximum absolute atomic E-state index is 13.0. The largest absolute Gasteiger partial charge is 0.469 e. The Morgan fingerprint density at radius 1 is 1.21 bits per heavy atom. The van der Waals surface area contributed by atoms with Crippen molar-refractivity contribution in [2.24, 2.45) is 11.0 Å². The normalized spacial score (nSPS) is 19.1. The van der Waals surface area contributed by atoms with Crippen LogP contribution in [0.25, 0.3) is 10.4 Å². The van der Waals surface area contributed by atoms with Gasteiger partial charge in [-0.15, -0.1) is 0 Å². The molecule has 0 amide bonds. The van der Waals surface area contributed by atoms with Crippen LogP contribution in [0.3, 0.4) is 0 Å². The molecular weight excluding hydrogens is 501 g/mol. The summed E-state index contributed by atoms with van der Waals surface area (Å²) in [6, 6.07) is 10.9. The fraction of sp³-hybridized carbons (Fsp3) is 0.435. The van der Waals surface area contributed by atoms with Gasteiger partial charge in [0.1, 0.15) is 0 Å². The average molecular weight is 525 g/mol. The second-order valence-corrected chi connectivity index (χ2v) is 8.78. The summed E-state index contributed by atoms with van der Waals surface area (Å²) in [5.74, 6) is -0.318. The van der Waals surface area contributed by atoms with Gasteiger partial charge in [0, 0.05) is 42.0 Å². The maximum atomic E-state index is 13.0. The third-order valence-corrected chi connectivity index (χ3v) is 6.41. The predicted octanol–water partition coefficient (Wildman–Crippen LogP) is 6.71. The SMILES string of the molecule is COC(=O)CC1CC(c2ccc(C(F)(F)F)cc2)CN(Cc2cc(CBr)cc(N=[N+]=[N-])c2)C1. The molecule has 1 aliphatic rings. The van der Waals surface area contributed by atoms with Crippen LogP contribution in [0.5, 0.6) is 0 Å². The van der Waals surface area contributed by atoms with Gasteiger partial charge < -0.3 is 4.74 Å². The molecule has 1 fully saturated rings. The molecule has 0 bridgehead atoms. The minimum Gasteiger partial charge on any atom is -0.469 e. The van der Waals surface area contributed by atoms with Crippen molar-refractivity contribution in [2.45, 2.75) is 36.8 Å². The van der Waals surface area contributed by atoms with Crippen LogP contribution in [-0.2, 0) is 27.6 Å². The molecule has 3 rings (SSSR count). The van der Waals surface area contributed by atoms with E-state index in [0.29, 0.717) is 37.1 Å². The Balaban J connectivity index is 1.84. The quantitative estimate of drug-likeness (QED) is 0.133. The number of methoxy groups -OCH3 is 1. The smallest absolute Gasteiger partial charge is 0.416 e. The van der Waals surface area contributed by atoms with Crippen molar-refractivity contribution in [2.75, 3.05) is 20.2 Å². The van der Waals surface area contributed by atoms with Crippen molar-refractivity contribution in [3.8, 4) is 0 Å². The van der Waals surface area contributed by atoms with Crippen molar-refractivity contribution in [1.29, 1.82) is 0 Å². The second-order valence-electron chi connectivity index (χ2n) is 8.22. The number of nitrogens with zero attached hydrogens (tertiary/aromatic N) is 4. The molecule has 0 spiro atoms. The second kappa shape index (κ2) is 11.0. The lowest BCUT2D eigenvalue weighted by Crippen LogP contribution is -2.40. The van der Waals surface area contributed by atoms with Crippen molar-refractivity contribution in [3.05, 3.63) is 75.2 Å². The molecule has 1 saturated heterocycles. The first-order chi connectivity index (χ1) is 15.7. The molecular formula is C23H24BrF3N4O2. The van der Waals surface area contributed by atoms with Gasteiger partial charge in [-0.2, -0.15) is 13.2 Å². The molecule has 0 N–H and O–H groups in total. The van der Waals surface area contributed by atoms with Crippen LogP contribution in [0.15, 0.2) is 47.6 Å². The number of carbonyl (C=O) groups excluding carboxylic acids is 1. The molecule has 10 heteroatoms. The summed E-state index contributed by atoms with van der Waals surface area (Å²) in [5.41, 5.74) is 11.4. The highest BCUT2D eigenvalue weighted by atomic mass is 79.9. The third kappa shape index (κ3) is 6.96. The zero-order valence-electron chi connectivity index (χ0n) is 18.1. The molecule has 176 valence electrons. The standard InChI is InChI=1S/C23H24BrF3N4O2/c1-33-22(32)10-17-7-19(18-2-4-20(5-3-18)23(25,26)27)14-31(13-17)12-16-6-15(11-24)8-21(9-16)29-30-28/h2-6,8-9,17,19H,7,10-14H2,1H3. The van der Waals surface area contributed by atoms with E-state index in [0.717, 1.165) is 28.8 Å². The fourth-order valence-electron chi connectivity index (χ4n) is 4.36. The van der Waals surface area contributed by atoms with Gasteiger partial charge in [-0.25, -0.2) is 0 Å². The number of esters is 1. The zero-order chi connectivity index (χ0) is 24.0. The molecule has 2 atom stereocenters. The lowest BCUT2D eigenvalue weighted by Gasteiger charge is -2.38. The van der Waals surface area contributed by atoms with E-state index in [9.17, 15) is 18.0 Å². The summed E-state index contributed by atoms with van der Waals surface area (Å²) in [6.45, 7) is 1.85. The number of hydrogen-bond acceptors (Lipinski definition) is 4. The average Bonchev–Trinajstić information content (AvgIpc) is 2.78. The maximum Gasteiger partial charge on any atom is 0.416 e. The van der Waals surface area contributed by atoms with Crippen LogP contribution >= 0.6 is 15.9 Å². The lowest BCUT2D eigenvalue weighted by molar-refractivity contribution is -0.142. The molecule has 2 aromatic rings. The molecule has 0 radical (unpaired) electrons. The molecule has 0 aromatic heterocycles. The number of hydrogen-bond donors (Lipinski definition) is 0. The number of benzene rings is 2. The van der Waals surface area contributed by atoms with Gasteiger partial charge in [0.05, 0.1) is 12.7 Å². The van der Waals surface area contributed by atoms with Gasteiger partial charge in [0.25, 0.3) is 0 Å². The first-order valence-electron chi connectivity index (χ1n) is 10.4. The minimum atomic E-state index is -4.38. The number of likely N-dealkylation sites (tertiary alicyclic amines) is 1. The fourth-order valence-corrected chi connectivity index (χ4v) is 4.69. The van der Waals surface area contributed by atoms with Crippen molar-refractivity contribution in [3.63, 3.8) is 0 Å². The van der Waals surface area contributed by atoms with E-state index in [-0.39, 0.29) is 24.2 Å². The van der Waals surface area contributed by atoms with E-state index < -0.39 is 11.7 Å². The van der Waals surface area contributed by atoms with E-state index in [1.165, 1.54) is 19.2 Å². The van der Waals surface area contributed by atoms with E-state index in [1.807, 2.05) is 12.1 Å². The van der Waals surface area contributed by atoms with Crippen LogP contribution in [0.2, 0.25) is 0 Å². The van der Waals surface area contributed by atoms with Crippen LogP contribution in [-0.4, -0.2) is 31.1 Å². The first-order valence-corrected chi connectivity index (χ1v) is 11.5. The number of ether oxygens (including phenoxy) is 1. The van der Waals surface area contributed by atoms with Crippen LogP contribution in [0.4, 0.5) is 18.9 Å². The molecule has 2 unspecified atom stereocenters. The minimum absolute atomic E-state index is 0.00875. The highest BCUT2D eigenvalue weighted by Crippen LogP contribution is 2.35. The van der Waals surface area contributed by atoms with Gasteiger partial charge in [-0.3, -0.25) is 9.69 Å². The number of carbonyl (C=O) groups is 1.